The zero-order valence-electron chi connectivity index (χ0n) is 10.3. The number of rotatable bonds is 3. The standard InChI is InChI=1S/C13H15FN2O3/c14-9-3-1-4-10(7-9)16-6-2-5-15-13(19)11(16)8-12(17)18/h1,3-4,7,11H,2,5-6,8H2,(H,15,19)(H,17,18). The van der Waals surface area contributed by atoms with Crippen LogP contribution in [-0.2, 0) is 9.59 Å². The third-order valence-corrected chi connectivity index (χ3v) is 3.06. The van der Waals surface area contributed by atoms with E-state index in [9.17, 15) is 14.0 Å². The fraction of sp³-hybridized carbons (Fsp3) is 0.385. The van der Waals surface area contributed by atoms with Crippen molar-refractivity contribution in [1.82, 2.24) is 5.32 Å². The molecule has 2 rings (SSSR count). The highest BCUT2D eigenvalue weighted by Crippen LogP contribution is 2.21. The van der Waals surface area contributed by atoms with Crippen LogP contribution in [-0.4, -0.2) is 36.1 Å². The van der Waals surface area contributed by atoms with Crippen molar-refractivity contribution in [3.8, 4) is 0 Å². The Labute approximate surface area is 110 Å². The Morgan fingerprint density at radius 1 is 1.53 bits per heavy atom. The van der Waals surface area contributed by atoms with Crippen molar-refractivity contribution in [2.75, 3.05) is 18.0 Å². The highest BCUT2D eigenvalue weighted by Gasteiger charge is 2.30. The van der Waals surface area contributed by atoms with Gasteiger partial charge in [-0.3, -0.25) is 9.59 Å². The summed E-state index contributed by atoms with van der Waals surface area (Å²) in [5, 5.41) is 11.6. The van der Waals surface area contributed by atoms with Gasteiger partial charge in [-0.15, -0.1) is 0 Å². The van der Waals surface area contributed by atoms with E-state index < -0.39 is 17.8 Å². The average Bonchev–Trinajstić information content (AvgIpc) is 2.52. The molecule has 1 saturated heterocycles. The molecule has 1 fully saturated rings. The topological polar surface area (TPSA) is 69.6 Å². The molecular formula is C13H15FN2O3. The van der Waals surface area contributed by atoms with Gasteiger partial charge in [0, 0.05) is 18.8 Å². The Balaban J connectivity index is 2.31. The molecule has 0 aromatic heterocycles. The van der Waals surface area contributed by atoms with Crippen LogP contribution in [0.2, 0.25) is 0 Å². The fourth-order valence-electron chi connectivity index (χ4n) is 2.21. The molecule has 0 spiro atoms. The van der Waals surface area contributed by atoms with Crippen molar-refractivity contribution >= 4 is 17.6 Å². The molecule has 1 aliphatic heterocycles. The summed E-state index contributed by atoms with van der Waals surface area (Å²) in [6.45, 7) is 1.01. The maximum atomic E-state index is 13.3. The number of nitrogens with zero attached hydrogens (tertiary/aromatic N) is 1. The number of hydrogen-bond acceptors (Lipinski definition) is 3. The molecule has 2 N–H and O–H groups in total. The second-order valence-corrected chi connectivity index (χ2v) is 4.43. The van der Waals surface area contributed by atoms with Crippen molar-refractivity contribution in [3.63, 3.8) is 0 Å². The molecule has 1 aromatic rings. The predicted octanol–water partition coefficient (Wildman–Crippen LogP) is 0.995. The minimum Gasteiger partial charge on any atom is -0.481 e. The number of carboxylic acid groups (broad SMARTS) is 1. The van der Waals surface area contributed by atoms with Gasteiger partial charge in [-0.25, -0.2) is 4.39 Å². The van der Waals surface area contributed by atoms with Crippen LogP contribution >= 0.6 is 0 Å². The molecule has 0 radical (unpaired) electrons. The number of carbonyl (C=O) groups excluding carboxylic acids is 1. The fourth-order valence-corrected chi connectivity index (χ4v) is 2.21. The van der Waals surface area contributed by atoms with Crippen LogP contribution in [0.1, 0.15) is 12.8 Å². The molecule has 0 bridgehead atoms. The van der Waals surface area contributed by atoms with E-state index in [4.69, 9.17) is 5.11 Å². The third-order valence-electron chi connectivity index (χ3n) is 3.06. The lowest BCUT2D eigenvalue weighted by Gasteiger charge is -2.29. The molecule has 1 aliphatic rings. The molecule has 19 heavy (non-hydrogen) atoms. The van der Waals surface area contributed by atoms with Crippen molar-refractivity contribution < 1.29 is 19.1 Å². The van der Waals surface area contributed by atoms with Gasteiger partial charge in [0.1, 0.15) is 11.9 Å². The largest absolute Gasteiger partial charge is 0.481 e. The van der Waals surface area contributed by atoms with Gasteiger partial charge in [-0.05, 0) is 24.6 Å². The van der Waals surface area contributed by atoms with Crippen LogP contribution in [0.25, 0.3) is 0 Å². The second kappa shape index (κ2) is 5.69. The van der Waals surface area contributed by atoms with E-state index in [1.807, 2.05) is 0 Å². The number of aliphatic carboxylic acids is 1. The Bertz CT molecular complexity index is 493. The highest BCUT2D eigenvalue weighted by molar-refractivity contribution is 5.89. The number of carbonyl (C=O) groups is 2. The first kappa shape index (κ1) is 13.3. The predicted molar refractivity (Wildman–Crippen MR) is 67.4 cm³/mol. The van der Waals surface area contributed by atoms with Crippen LogP contribution in [0.3, 0.4) is 0 Å². The van der Waals surface area contributed by atoms with E-state index in [1.165, 1.54) is 12.1 Å². The first-order chi connectivity index (χ1) is 9.08. The van der Waals surface area contributed by atoms with Gasteiger partial charge in [0.25, 0.3) is 0 Å². The van der Waals surface area contributed by atoms with Crippen LogP contribution in [0.15, 0.2) is 24.3 Å². The van der Waals surface area contributed by atoms with Crippen LogP contribution in [0.5, 0.6) is 0 Å². The van der Waals surface area contributed by atoms with Gasteiger partial charge in [0.2, 0.25) is 5.91 Å². The van der Waals surface area contributed by atoms with E-state index in [2.05, 4.69) is 5.32 Å². The van der Waals surface area contributed by atoms with Crippen LogP contribution < -0.4 is 10.2 Å². The van der Waals surface area contributed by atoms with Gasteiger partial charge in [-0.1, -0.05) is 6.07 Å². The summed E-state index contributed by atoms with van der Waals surface area (Å²) >= 11 is 0. The number of benzene rings is 1. The molecule has 1 amide bonds. The maximum Gasteiger partial charge on any atom is 0.305 e. The lowest BCUT2D eigenvalue weighted by atomic mass is 10.1. The van der Waals surface area contributed by atoms with Gasteiger partial charge in [0.05, 0.1) is 6.42 Å². The smallest absolute Gasteiger partial charge is 0.305 e. The molecule has 0 saturated carbocycles. The van der Waals surface area contributed by atoms with Crippen molar-refractivity contribution in [3.05, 3.63) is 30.1 Å². The summed E-state index contributed by atoms with van der Waals surface area (Å²) in [5.74, 6) is -1.79. The summed E-state index contributed by atoms with van der Waals surface area (Å²) in [4.78, 5) is 24.4. The molecule has 5 nitrogen and oxygen atoms in total. The number of carboxylic acids is 1. The highest BCUT2D eigenvalue weighted by atomic mass is 19.1. The molecule has 102 valence electrons. The van der Waals surface area contributed by atoms with E-state index in [1.54, 1.807) is 17.0 Å². The Morgan fingerprint density at radius 2 is 2.32 bits per heavy atom. The first-order valence-corrected chi connectivity index (χ1v) is 6.09. The van der Waals surface area contributed by atoms with Crippen molar-refractivity contribution in [2.45, 2.75) is 18.9 Å². The molecule has 1 aromatic carbocycles. The second-order valence-electron chi connectivity index (χ2n) is 4.43. The van der Waals surface area contributed by atoms with E-state index in [-0.39, 0.29) is 12.3 Å². The average molecular weight is 266 g/mol. The molecule has 0 aliphatic carbocycles. The lowest BCUT2D eigenvalue weighted by molar-refractivity contribution is -0.139. The summed E-state index contributed by atoms with van der Waals surface area (Å²) < 4.78 is 13.3. The molecule has 1 unspecified atom stereocenters. The summed E-state index contributed by atoms with van der Waals surface area (Å²) in [7, 11) is 0. The normalized spacial score (nSPS) is 19.7. The molecule has 1 atom stereocenters. The number of amides is 1. The number of halogens is 1. The quantitative estimate of drug-likeness (QED) is 0.856. The van der Waals surface area contributed by atoms with Gasteiger partial charge < -0.3 is 15.3 Å². The zero-order valence-corrected chi connectivity index (χ0v) is 10.3. The minimum atomic E-state index is -1.05. The van der Waals surface area contributed by atoms with Gasteiger partial charge in [0.15, 0.2) is 0 Å². The maximum absolute atomic E-state index is 13.3. The number of nitrogens with one attached hydrogen (secondary N) is 1. The molecular weight excluding hydrogens is 251 g/mol. The summed E-state index contributed by atoms with van der Waals surface area (Å²) in [5.41, 5.74) is 0.531. The number of hydrogen-bond donors (Lipinski definition) is 2. The van der Waals surface area contributed by atoms with Crippen molar-refractivity contribution in [2.24, 2.45) is 0 Å². The monoisotopic (exact) mass is 266 g/mol. The molecule has 1 heterocycles. The lowest BCUT2D eigenvalue weighted by Crippen LogP contribution is -2.45. The summed E-state index contributed by atoms with van der Waals surface area (Å²) in [6.07, 6.45) is 0.390. The van der Waals surface area contributed by atoms with E-state index >= 15 is 0 Å². The Kier molecular flexibility index (Phi) is 3.99. The van der Waals surface area contributed by atoms with E-state index in [0.717, 1.165) is 0 Å². The third kappa shape index (κ3) is 3.21. The zero-order chi connectivity index (χ0) is 13.8. The van der Waals surface area contributed by atoms with E-state index in [0.29, 0.717) is 25.2 Å². The SMILES string of the molecule is O=C(O)CC1C(=O)NCCCN1c1cccc(F)c1. The van der Waals surface area contributed by atoms with Crippen LogP contribution in [0, 0.1) is 5.82 Å². The molecule has 6 heteroatoms. The Morgan fingerprint density at radius 3 is 3.00 bits per heavy atom. The summed E-state index contributed by atoms with van der Waals surface area (Å²) in [6, 6.07) is 5.05. The van der Waals surface area contributed by atoms with Gasteiger partial charge >= 0.3 is 5.97 Å². The Hall–Kier alpha value is -2.11. The number of anilines is 1. The van der Waals surface area contributed by atoms with Crippen molar-refractivity contribution in [1.29, 1.82) is 0 Å². The minimum absolute atomic E-state index is 0.303. The van der Waals surface area contributed by atoms with Crippen LogP contribution in [0.4, 0.5) is 10.1 Å². The van der Waals surface area contributed by atoms with Gasteiger partial charge in [-0.2, -0.15) is 0 Å². The first-order valence-electron chi connectivity index (χ1n) is 6.09.